The van der Waals surface area contributed by atoms with Crippen LogP contribution >= 0.6 is 0 Å². The Kier molecular flexibility index (Phi) is 6.26. The Hall–Kier alpha value is -2.12. The first-order valence-electron chi connectivity index (χ1n) is 8.48. The molecule has 1 amide bonds. The predicted molar refractivity (Wildman–Crippen MR) is 89.2 cm³/mol. The van der Waals surface area contributed by atoms with Crippen LogP contribution in [0.25, 0.3) is 0 Å². The second-order valence-electron chi connectivity index (χ2n) is 7.27. The van der Waals surface area contributed by atoms with Gasteiger partial charge in [0.2, 0.25) is 0 Å². The summed E-state index contributed by atoms with van der Waals surface area (Å²) < 4.78 is 51.7. The highest BCUT2D eigenvalue weighted by Crippen LogP contribution is 2.27. The van der Waals surface area contributed by atoms with E-state index in [0.29, 0.717) is 25.4 Å². The van der Waals surface area contributed by atoms with Crippen molar-refractivity contribution >= 4 is 6.09 Å². The maximum atomic E-state index is 12.3. The second-order valence-corrected chi connectivity index (χ2v) is 7.27. The van der Waals surface area contributed by atoms with Gasteiger partial charge >= 0.3 is 12.5 Å². The van der Waals surface area contributed by atoms with E-state index in [-0.39, 0.29) is 17.8 Å². The summed E-state index contributed by atoms with van der Waals surface area (Å²) in [6.07, 6.45) is -3.40. The number of rotatable bonds is 4. The molecule has 0 bridgehead atoms. The van der Waals surface area contributed by atoms with Crippen molar-refractivity contribution in [2.24, 2.45) is 5.92 Å². The van der Waals surface area contributed by atoms with E-state index < -0.39 is 12.0 Å². The van der Waals surface area contributed by atoms with Crippen molar-refractivity contribution in [2.75, 3.05) is 19.7 Å². The molecule has 0 radical (unpaired) electrons. The van der Waals surface area contributed by atoms with Crippen molar-refractivity contribution in [3.63, 3.8) is 0 Å². The molecule has 1 fully saturated rings. The molecule has 0 aromatic heterocycles. The largest absolute Gasteiger partial charge is 0.573 e. The summed E-state index contributed by atoms with van der Waals surface area (Å²) >= 11 is 0. The Balaban J connectivity index is 1.87. The Morgan fingerprint density at radius 1 is 1.23 bits per heavy atom. The summed E-state index contributed by atoms with van der Waals surface area (Å²) in [6.45, 7) is 6.85. The molecule has 0 spiro atoms. The average Bonchev–Trinajstić information content (AvgIpc) is 2.50. The van der Waals surface area contributed by atoms with Crippen molar-refractivity contribution in [3.8, 4) is 11.5 Å². The topological polar surface area (TPSA) is 48.0 Å². The van der Waals surface area contributed by atoms with Gasteiger partial charge in [0.25, 0.3) is 0 Å². The summed E-state index contributed by atoms with van der Waals surface area (Å²) in [5.41, 5.74) is -0.556. The zero-order valence-corrected chi connectivity index (χ0v) is 15.1. The zero-order valence-electron chi connectivity index (χ0n) is 15.1. The summed E-state index contributed by atoms with van der Waals surface area (Å²) in [6, 6.07) is 5.41. The molecule has 0 N–H and O–H groups in total. The minimum Gasteiger partial charge on any atom is -0.493 e. The monoisotopic (exact) mass is 375 g/mol. The van der Waals surface area contributed by atoms with Gasteiger partial charge in [0.1, 0.15) is 17.1 Å². The molecule has 2 rings (SSSR count). The molecule has 26 heavy (non-hydrogen) atoms. The van der Waals surface area contributed by atoms with Crippen molar-refractivity contribution in [2.45, 2.75) is 45.6 Å². The maximum absolute atomic E-state index is 12.3. The van der Waals surface area contributed by atoms with Gasteiger partial charge in [-0.25, -0.2) is 4.79 Å². The fourth-order valence-corrected chi connectivity index (χ4v) is 2.67. The van der Waals surface area contributed by atoms with Gasteiger partial charge in [-0.3, -0.25) is 0 Å². The van der Waals surface area contributed by atoms with Crippen molar-refractivity contribution in [1.82, 2.24) is 4.90 Å². The number of likely N-dealkylation sites (tertiary alicyclic amines) is 1. The smallest absolute Gasteiger partial charge is 0.493 e. The highest BCUT2D eigenvalue weighted by atomic mass is 19.4. The summed E-state index contributed by atoms with van der Waals surface area (Å²) in [4.78, 5) is 13.8. The normalized spacial score (nSPS) is 18.4. The SMILES string of the molecule is CC(C)(C)OC(=O)N1CCC[C@@H](COc2cccc(OC(F)(F)F)c2)C1. The number of ether oxygens (including phenoxy) is 3. The average molecular weight is 375 g/mol. The standard InChI is InChI=1S/C18H24F3NO4/c1-17(2,3)26-16(23)22-9-5-6-13(11-22)12-24-14-7-4-8-15(10-14)25-18(19,20)21/h4,7-8,10,13H,5-6,9,11-12H2,1-3H3/t13-/m1/s1. The summed E-state index contributed by atoms with van der Waals surface area (Å²) in [5, 5.41) is 0. The van der Waals surface area contributed by atoms with Crippen LogP contribution < -0.4 is 9.47 Å². The Bertz CT molecular complexity index is 613. The third kappa shape index (κ3) is 7.01. The molecule has 1 atom stereocenters. The molecule has 1 aromatic rings. The minimum absolute atomic E-state index is 0.0865. The molecule has 0 aliphatic carbocycles. The molecule has 1 saturated heterocycles. The van der Waals surface area contributed by atoms with Crippen LogP contribution in [-0.2, 0) is 4.74 Å². The van der Waals surface area contributed by atoms with Crippen LogP contribution in [0.2, 0.25) is 0 Å². The van der Waals surface area contributed by atoms with E-state index in [9.17, 15) is 18.0 Å². The van der Waals surface area contributed by atoms with Gasteiger partial charge in [-0.2, -0.15) is 0 Å². The Morgan fingerprint density at radius 2 is 1.92 bits per heavy atom. The lowest BCUT2D eigenvalue weighted by atomic mass is 9.99. The Morgan fingerprint density at radius 3 is 2.58 bits per heavy atom. The first kappa shape index (κ1) is 20.2. The van der Waals surface area contributed by atoms with E-state index in [1.807, 2.05) is 20.8 Å². The van der Waals surface area contributed by atoms with Crippen LogP contribution in [0.1, 0.15) is 33.6 Å². The van der Waals surface area contributed by atoms with E-state index >= 15 is 0 Å². The minimum atomic E-state index is -4.74. The zero-order chi connectivity index (χ0) is 19.4. The number of carbonyl (C=O) groups is 1. The third-order valence-corrected chi connectivity index (χ3v) is 3.70. The van der Waals surface area contributed by atoms with Gasteiger partial charge in [-0.15, -0.1) is 13.2 Å². The van der Waals surface area contributed by atoms with Gasteiger partial charge < -0.3 is 19.1 Å². The molecule has 1 aliphatic rings. The van der Waals surface area contributed by atoms with E-state index in [0.717, 1.165) is 12.8 Å². The molecule has 146 valence electrons. The summed E-state index contributed by atoms with van der Waals surface area (Å²) in [5.74, 6) is 0.0543. The van der Waals surface area contributed by atoms with Crippen LogP contribution in [0.5, 0.6) is 11.5 Å². The first-order valence-corrected chi connectivity index (χ1v) is 8.48. The fraction of sp³-hybridized carbons (Fsp3) is 0.611. The first-order chi connectivity index (χ1) is 12.0. The number of hydrogen-bond donors (Lipinski definition) is 0. The molecule has 8 heteroatoms. The predicted octanol–water partition coefficient (Wildman–Crippen LogP) is 4.61. The molecule has 0 saturated carbocycles. The number of alkyl halides is 3. The third-order valence-electron chi connectivity index (χ3n) is 3.70. The molecular weight excluding hydrogens is 351 g/mol. The van der Waals surface area contributed by atoms with E-state index in [2.05, 4.69) is 4.74 Å². The second kappa shape index (κ2) is 8.05. The molecule has 1 aliphatic heterocycles. The van der Waals surface area contributed by atoms with Crippen LogP contribution in [0.15, 0.2) is 24.3 Å². The summed E-state index contributed by atoms with van der Waals surface area (Å²) in [7, 11) is 0. The van der Waals surface area contributed by atoms with Gasteiger partial charge in [-0.1, -0.05) is 6.07 Å². The molecular formula is C18H24F3NO4. The van der Waals surface area contributed by atoms with Gasteiger partial charge in [0, 0.05) is 25.1 Å². The lowest BCUT2D eigenvalue weighted by Crippen LogP contribution is -2.44. The van der Waals surface area contributed by atoms with Gasteiger partial charge in [0.05, 0.1) is 6.61 Å². The number of hydrogen-bond acceptors (Lipinski definition) is 4. The highest BCUT2D eigenvalue weighted by molar-refractivity contribution is 5.68. The maximum Gasteiger partial charge on any atom is 0.573 e. The fourth-order valence-electron chi connectivity index (χ4n) is 2.67. The molecule has 5 nitrogen and oxygen atoms in total. The highest BCUT2D eigenvalue weighted by Gasteiger charge is 2.31. The number of amides is 1. The van der Waals surface area contributed by atoms with Crippen molar-refractivity contribution in [1.29, 1.82) is 0 Å². The van der Waals surface area contributed by atoms with Crippen LogP contribution in [-0.4, -0.2) is 42.7 Å². The van der Waals surface area contributed by atoms with Crippen LogP contribution in [0.4, 0.5) is 18.0 Å². The van der Waals surface area contributed by atoms with Gasteiger partial charge in [-0.05, 0) is 45.7 Å². The van der Waals surface area contributed by atoms with Crippen molar-refractivity contribution in [3.05, 3.63) is 24.3 Å². The number of benzene rings is 1. The van der Waals surface area contributed by atoms with E-state index in [1.165, 1.54) is 18.2 Å². The molecule has 0 unspecified atom stereocenters. The lowest BCUT2D eigenvalue weighted by Gasteiger charge is -2.34. The quantitative estimate of drug-likeness (QED) is 0.771. The number of piperidine rings is 1. The molecule has 1 aromatic carbocycles. The van der Waals surface area contributed by atoms with Crippen molar-refractivity contribution < 1.29 is 32.2 Å². The van der Waals surface area contributed by atoms with E-state index in [4.69, 9.17) is 9.47 Å². The Labute approximate surface area is 151 Å². The lowest BCUT2D eigenvalue weighted by molar-refractivity contribution is -0.274. The molecule has 1 heterocycles. The number of halogens is 3. The van der Waals surface area contributed by atoms with Crippen LogP contribution in [0, 0.1) is 5.92 Å². The van der Waals surface area contributed by atoms with E-state index in [1.54, 1.807) is 11.0 Å². The number of carbonyl (C=O) groups excluding carboxylic acids is 1. The van der Waals surface area contributed by atoms with Gasteiger partial charge in [0.15, 0.2) is 0 Å². The number of nitrogens with zero attached hydrogens (tertiary/aromatic N) is 1. The van der Waals surface area contributed by atoms with Crippen LogP contribution in [0.3, 0.4) is 0 Å².